The van der Waals surface area contributed by atoms with E-state index in [9.17, 15) is 0 Å². The molecule has 2 aromatic rings. The number of hydrogen-bond acceptors (Lipinski definition) is 3. The van der Waals surface area contributed by atoms with Gasteiger partial charge >= 0.3 is 0 Å². The van der Waals surface area contributed by atoms with Crippen LogP contribution in [0.15, 0.2) is 35.6 Å². The first-order valence-electron chi connectivity index (χ1n) is 7.25. The lowest BCUT2D eigenvalue weighted by molar-refractivity contribution is 0.564. The molecule has 21 heavy (non-hydrogen) atoms. The summed E-state index contributed by atoms with van der Waals surface area (Å²) < 4.78 is 7.99. The quantitative estimate of drug-likeness (QED) is 0.628. The van der Waals surface area contributed by atoms with Gasteiger partial charge in [0.1, 0.15) is 11.4 Å². The fourth-order valence-corrected chi connectivity index (χ4v) is 2.81. The van der Waals surface area contributed by atoms with Gasteiger partial charge in [0.2, 0.25) is 9.04 Å². The Labute approximate surface area is 128 Å². The lowest BCUT2D eigenvalue weighted by atomic mass is 10.1. The highest BCUT2D eigenvalue weighted by molar-refractivity contribution is 6.49. The van der Waals surface area contributed by atoms with Crippen LogP contribution in [0.3, 0.4) is 0 Å². The van der Waals surface area contributed by atoms with Crippen molar-refractivity contribution in [1.82, 2.24) is 9.55 Å². The van der Waals surface area contributed by atoms with Gasteiger partial charge in [0.25, 0.3) is 0 Å². The molecule has 0 bridgehead atoms. The van der Waals surface area contributed by atoms with Crippen molar-refractivity contribution in [3.05, 3.63) is 47.5 Å². The Balaban J connectivity index is 2.20. The predicted molar refractivity (Wildman–Crippen MR) is 89.9 cm³/mol. The SMILES string of the molecule is Cc1c(C=NC(C)c2ccccc2O[SiH](C)C)ncn1C. The Kier molecular flexibility index (Phi) is 4.96. The maximum Gasteiger partial charge on any atom is 0.229 e. The Morgan fingerprint density at radius 2 is 2.05 bits per heavy atom. The van der Waals surface area contributed by atoms with E-state index in [2.05, 4.69) is 36.1 Å². The fraction of sp³-hybridized carbons (Fsp3) is 0.375. The number of benzene rings is 1. The molecule has 0 saturated heterocycles. The minimum Gasteiger partial charge on any atom is -0.547 e. The molecular formula is C16H23N3OSi. The molecule has 0 aliphatic heterocycles. The highest BCUT2D eigenvalue weighted by Crippen LogP contribution is 2.27. The zero-order chi connectivity index (χ0) is 15.4. The van der Waals surface area contributed by atoms with Crippen molar-refractivity contribution in [1.29, 1.82) is 0 Å². The number of para-hydroxylation sites is 1. The summed E-state index contributed by atoms with van der Waals surface area (Å²) in [6, 6.07) is 8.20. The molecule has 0 radical (unpaired) electrons. The van der Waals surface area contributed by atoms with E-state index in [-0.39, 0.29) is 6.04 Å². The second-order valence-electron chi connectivity index (χ2n) is 5.48. The molecule has 1 aromatic heterocycles. The summed E-state index contributed by atoms with van der Waals surface area (Å²) in [5.74, 6) is 0.960. The Hall–Kier alpha value is -1.88. The molecule has 0 amide bonds. The van der Waals surface area contributed by atoms with Crippen LogP contribution < -0.4 is 4.43 Å². The number of nitrogens with zero attached hydrogens (tertiary/aromatic N) is 3. The first-order valence-corrected chi connectivity index (χ1v) is 10.0. The first-order chi connectivity index (χ1) is 9.99. The second-order valence-corrected chi connectivity index (χ2v) is 7.82. The third kappa shape index (κ3) is 3.82. The van der Waals surface area contributed by atoms with Crippen molar-refractivity contribution >= 4 is 15.3 Å². The largest absolute Gasteiger partial charge is 0.547 e. The highest BCUT2D eigenvalue weighted by Gasteiger charge is 2.11. The van der Waals surface area contributed by atoms with E-state index in [1.807, 2.05) is 49.3 Å². The summed E-state index contributed by atoms with van der Waals surface area (Å²) in [7, 11) is 0.867. The number of aliphatic imine (C=N–C) groups is 1. The van der Waals surface area contributed by atoms with Gasteiger partial charge in [-0.25, -0.2) is 4.98 Å². The molecule has 1 heterocycles. The van der Waals surface area contributed by atoms with Gasteiger partial charge in [-0.1, -0.05) is 18.2 Å². The maximum absolute atomic E-state index is 5.99. The third-order valence-corrected chi connectivity index (χ3v) is 4.15. The van der Waals surface area contributed by atoms with E-state index in [0.717, 1.165) is 22.7 Å². The molecule has 2 rings (SSSR count). The highest BCUT2D eigenvalue weighted by atomic mass is 28.3. The lowest BCUT2D eigenvalue weighted by Gasteiger charge is -2.16. The van der Waals surface area contributed by atoms with Gasteiger partial charge in [0.05, 0.1) is 12.4 Å². The molecule has 0 fully saturated rings. The van der Waals surface area contributed by atoms with Crippen molar-refractivity contribution in [2.75, 3.05) is 0 Å². The van der Waals surface area contributed by atoms with E-state index in [4.69, 9.17) is 4.43 Å². The molecule has 1 atom stereocenters. The van der Waals surface area contributed by atoms with Gasteiger partial charge in [-0.2, -0.15) is 0 Å². The maximum atomic E-state index is 5.99. The minimum absolute atomic E-state index is 0.0513. The monoisotopic (exact) mass is 301 g/mol. The zero-order valence-corrected chi connectivity index (χ0v) is 14.5. The van der Waals surface area contributed by atoms with Gasteiger partial charge in [-0.05, 0) is 33.0 Å². The van der Waals surface area contributed by atoms with Crippen LogP contribution >= 0.6 is 0 Å². The summed E-state index contributed by atoms with van der Waals surface area (Å²) >= 11 is 0. The lowest BCUT2D eigenvalue weighted by Crippen LogP contribution is -2.13. The summed E-state index contributed by atoms with van der Waals surface area (Å²) in [6.45, 7) is 8.46. The van der Waals surface area contributed by atoms with Crippen LogP contribution in [0.1, 0.15) is 29.9 Å². The van der Waals surface area contributed by atoms with Crippen LogP contribution in [-0.2, 0) is 7.05 Å². The average Bonchev–Trinajstić information content (AvgIpc) is 2.76. The van der Waals surface area contributed by atoms with E-state index < -0.39 is 9.04 Å². The van der Waals surface area contributed by atoms with E-state index in [0.29, 0.717) is 0 Å². The molecule has 0 aliphatic carbocycles. The van der Waals surface area contributed by atoms with Crippen LogP contribution in [-0.4, -0.2) is 24.8 Å². The Bertz CT molecular complexity index is 634. The molecular weight excluding hydrogens is 278 g/mol. The van der Waals surface area contributed by atoms with Crippen LogP contribution in [0, 0.1) is 6.92 Å². The number of rotatable bonds is 5. The number of aromatic nitrogens is 2. The van der Waals surface area contributed by atoms with Gasteiger partial charge < -0.3 is 8.99 Å². The molecule has 0 saturated carbocycles. The van der Waals surface area contributed by atoms with Crippen LogP contribution in [0.4, 0.5) is 0 Å². The zero-order valence-electron chi connectivity index (χ0n) is 13.4. The fourth-order valence-electron chi connectivity index (χ4n) is 2.09. The van der Waals surface area contributed by atoms with Gasteiger partial charge in [0, 0.05) is 24.5 Å². The van der Waals surface area contributed by atoms with Crippen LogP contribution in [0.5, 0.6) is 5.75 Å². The predicted octanol–water partition coefficient (Wildman–Crippen LogP) is 3.27. The van der Waals surface area contributed by atoms with Crippen molar-refractivity contribution in [3.8, 4) is 5.75 Å². The average molecular weight is 301 g/mol. The molecule has 4 nitrogen and oxygen atoms in total. The standard InChI is InChI=1S/C16H23N3OSi/c1-12(17-10-15-13(2)19(3)11-18-15)14-8-6-7-9-16(14)20-21(4)5/h6-12,21H,1-5H3. The van der Waals surface area contributed by atoms with Gasteiger partial charge in [0.15, 0.2) is 0 Å². The van der Waals surface area contributed by atoms with Crippen molar-refractivity contribution in [2.24, 2.45) is 12.0 Å². The third-order valence-electron chi connectivity index (χ3n) is 3.42. The smallest absolute Gasteiger partial charge is 0.229 e. The van der Waals surface area contributed by atoms with Crippen molar-refractivity contribution < 1.29 is 4.43 Å². The summed E-state index contributed by atoms with van der Waals surface area (Å²) in [5.41, 5.74) is 3.16. The molecule has 0 aliphatic rings. The molecule has 1 unspecified atom stereocenters. The van der Waals surface area contributed by atoms with Gasteiger partial charge in [-0.15, -0.1) is 0 Å². The number of aryl methyl sites for hydroxylation is 1. The van der Waals surface area contributed by atoms with E-state index in [1.165, 1.54) is 0 Å². The van der Waals surface area contributed by atoms with E-state index in [1.54, 1.807) is 0 Å². The van der Waals surface area contributed by atoms with Gasteiger partial charge in [-0.3, -0.25) is 4.99 Å². The number of hydrogen-bond donors (Lipinski definition) is 0. The van der Waals surface area contributed by atoms with Crippen molar-refractivity contribution in [2.45, 2.75) is 33.0 Å². The summed E-state index contributed by atoms with van der Waals surface area (Å²) in [6.07, 6.45) is 3.66. The Morgan fingerprint density at radius 3 is 2.67 bits per heavy atom. The van der Waals surface area contributed by atoms with E-state index >= 15 is 0 Å². The van der Waals surface area contributed by atoms with Crippen LogP contribution in [0.2, 0.25) is 13.1 Å². The summed E-state index contributed by atoms with van der Waals surface area (Å²) in [4.78, 5) is 8.98. The number of imidazole rings is 1. The normalized spacial score (nSPS) is 13.0. The molecule has 0 N–H and O–H groups in total. The summed E-state index contributed by atoms with van der Waals surface area (Å²) in [5, 5.41) is 0. The first kappa shape index (κ1) is 15.5. The molecule has 1 aromatic carbocycles. The minimum atomic E-state index is -1.12. The van der Waals surface area contributed by atoms with Crippen molar-refractivity contribution in [3.63, 3.8) is 0 Å². The molecule has 112 valence electrons. The second kappa shape index (κ2) is 6.71. The molecule has 0 spiro atoms. The topological polar surface area (TPSA) is 39.4 Å². The van der Waals surface area contributed by atoms with Crippen LogP contribution in [0.25, 0.3) is 0 Å². The Morgan fingerprint density at radius 1 is 1.33 bits per heavy atom. The molecule has 5 heteroatoms.